The normalized spacial score (nSPS) is 22.9. The summed E-state index contributed by atoms with van der Waals surface area (Å²) in [5.74, 6) is 0.956. The van der Waals surface area contributed by atoms with Gasteiger partial charge in [-0.05, 0) is 50.8 Å². The molecule has 158 valence electrons. The molecule has 7 nitrogen and oxygen atoms in total. The van der Waals surface area contributed by atoms with Crippen LogP contribution in [0.15, 0.2) is 24.3 Å². The van der Waals surface area contributed by atoms with Crippen molar-refractivity contribution in [2.75, 3.05) is 57.8 Å². The van der Waals surface area contributed by atoms with Crippen LogP contribution in [0.25, 0.3) is 0 Å². The van der Waals surface area contributed by atoms with Crippen molar-refractivity contribution in [3.63, 3.8) is 0 Å². The first-order valence-electron chi connectivity index (χ1n) is 10.9. The SMILES string of the molecule is COc1ccccc1N1CCN(CCCCN2C(=O)[C@@H]3CCCCN3C2=O)CC1. The van der Waals surface area contributed by atoms with Crippen molar-refractivity contribution in [1.29, 1.82) is 0 Å². The summed E-state index contributed by atoms with van der Waals surface area (Å²) < 4.78 is 5.49. The van der Waals surface area contributed by atoms with Gasteiger partial charge in [-0.15, -0.1) is 0 Å². The van der Waals surface area contributed by atoms with Crippen molar-refractivity contribution < 1.29 is 14.3 Å². The van der Waals surface area contributed by atoms with Crippen LogP contribution >= 0.6 is 0 Å². The molecule has 1 aromatic rings. The van der Waals surface area contributed by atoms with Crippen LogP contribution in [0.4, 0.5) is 10.5 Å². The molecular formula is C22H32N4O3. The molecule has 0 saturated carbocycles. The quantitative estimate of drug-likeness (QED) is 0.520. The summed E-state index contributed by atoms with van der Waals surface area (Å²) >= 11 is 0. The fourth-order valence-electron chi connectivity index (χ4n) is 4.76. The van der Waals surface area contributed by atoms with E-state index in [2.05, 4.69) is 21.9 Å². The van der Waals surface area contributed by atoms with E-state index in [9.17, 15) is 9.59 Å². The summed E-state index contributed by atoms with van der Waals surface area (Å²) in [4.78, 5) is 33.1. The van der Waals surface area contributed by atoms with Crippen molar-refractivity contribution in [2.45, 2.75) is 38.1 Å². The molecule has 0 aliphatic carbocycles. The molecule has 0 radical (unpaired) electrons. The number of amides is 3. The molecule has 3 saturated heterocycles. The van der Waals surface area contributed by atoms with E-state index < -0.39 is 0 Å². The molecule has 0 spiro atoms. The molecule has 4 rings (SSSR count). The number of para-hydroxylation sites is 2. The topological polar surface area (TPSA) is 56.3 Å². The molecule has 3 aliphatic rings. The van der Waals surface area contributed by atoms with Crippen molar-refractivity contribution in [3.05, 3.63) is 24.3 Å². The first-order valence-corrected chi connectivity index (χ1v) is 10.9. The van der Waals surface area contributed by atoms with Crippen molar-refractivity contribution in [2.24, 2.45) is 0 Å². The summed E-state index contributed by atoms with van der Waals surface area (Å²) in [7, 11) is 1.72. The van der Waals surface area contributed by atoms with Gasteiger partial charge in [0.1, 0.15) is 11.8 Å². The second-order valence-electron chi connectivity index (χ2n) is 8.19. The Bertz CT molecular complexity index is 709. The zero-order chi connectivity index (χ0) is 20.2. The molecule has 3 heterocycles. The first kappa shape index (κ1) is 20.0. The maximum Gasteiger partial charge on any atom is 0.327 e. The van der Waals surface area contributed by atoms with Crippen molar-refractivity contribution in [3.8, 4) is 5.75 Å². The Labute approximate surface area is 173 Å². The Morgan fingerprint density at radius 2 is 1.72 bits per heavy atom. The third kappa shape index (κ3) is 4.20. The molecule has 3 aliphatic heterocycles. The third-order valence-corrected chi connectivity index (χ3v) is 6.43. The van der Waals surface area contributed by atoms with Gasteiger partial charge in [0.15, 0.2) is 0 Å². The number of methoxy groups -OCH3 is 1. The summed E-state index contributed by atoms with van der Waals surface area (Å²) in [5.41, 5.74) is 1.16. The number of piperazine rings is 1. The smallest absolute Gasteiger partial charge is 0.327 e. The average molecular weight is 401 g/mol. The zero-order valence-corrected chi connectivity index (χ0v) is 17.4. The highest BCUT2D eigenvalue weighted by molar-refractivity contribution is 6.04. The second-order valence-corrected chi connectivity index (χ2v) is 8.19. The van der Waals surface area contributed by atoms with E-state index in [1.54, 1.807) is 12.0 Å². The van der Waals surface area contributed by atoms with E-state index in [0.29, 0.717) is 6.54 Å². The number of carbonyl (C=O) groups is 2. The number of piperidine rings is 1. The van der Waals surface area contributed by atoms with E-state index in [-0.39, 0.29) is 18.0 Å². The van der Waals surface area contributed by atoms with Gasteiger partial charge in [0.05, 0.1) is 12.8 Å². The Morgan fingerprint density at radius 1 is 0.966 bits per heavy atom. The van der Waals surface area contributed by atoms with Crippen molar-refractivity contribution >= 4 is 17.6 Å². The lowest BCUT2D eigenvalue weighted by molar-refractivity contribution is -0.128. The maximum atomic E-state index is 12.5. The van der Waals surface area contributed by atoms with Gasteiger partial charge in [0.2, 0.25) is 0 Å². The number of benzene rings is 1. The molecule has 3 amide bonds. The Balaban J connectivity index is 1.19. The number of ether oxygens (including phenoxy) is 1. The van der Waals surface area contributed by atoms with Gasteiger partial charge in [0, 0.05) is 39.3 Å². The lowest BCUT2D eigenvalue weighted by Gasteiger charge is -2.36. The standard InChI is InChI=1S/C22H32N4O3/c1-29-20-10-3-2-8-18(20)24-16-14-23(15-17-24)11-6-7-13-26-21(27)19-9-4-5-12-25(19)22(26)28/h2-3,8,10,19H,4-7,9,11-17H2,1H3/t19-/m0/s1. The van der Waals surface area contributed by atoms with E-state index in [4.69, 9.17) is 4.74 Å². The van der Waals surface area contributed by atoms with E-state index >= 15 is 0 Å². The summed E-state index contributed by atoms with van der Waals surface area (Å²) in [6.45, 7) is 6.34. The number of rotatable bonds is 7. The molecule has 0 aromatic heterocycles. The lowest BCUT2D eigenvalue weighted by atomic mass is 10.0. The van der Waals surface area contributed by atoms with Crippen LogP contribution in [0, 0.1) is 0 Å². The van der Waals surface area contributed by atoms with Gasteiger partial charge in [-0.3, -0.25) is 14.6 Å². The van der Waals surface area contributed by atoms with Crippen LogP contribution in [0.1, 0.15) is 32.1 Å². The highest BCUT2D eigenvalue weighted by atomic mass is 16.5. The molecule has 3 fully saturated rings. The maximum absolute atomic E-state index is 12.5. The number of anilines is 1. The minimum absolute atomic E-state index is 0.0279. The highest BCUT2D eigenvalue weighted by Crippen LogP contribution is 2.29. The molecule has 0 bridgehead atoms. The molecular weight excluding hydrogens is 368 g/mol. The molecule has 0 N–H and O–H groups in total. The van der Waals surface area contributed by atoms with E-state index in [1.807, 2.05) is 12.1 Å². The number of fused-ring (bicyclic) bond motifs is 1. The predicted octanol–water partition coefficient (Wildman–Crippen LogP) is 2.41. The number of urea groups is 1. The number of nitrogens with zero attached hydrogens (tertiary/aromatic N) is 4. The molecule has 29 heavy (non-hydrogen) atoms. The fourth-order valence-corrected chi connectivity index (χ4v) is 4.76. The number of hydrogen-bond donors (Lipinski definition) is 0. The van der Waals surface area contributed by atoms with Crippen LogP contribution in [-0.4, -0.2) is 85.6 Å². The first-order chi connectivity index (χ1) is 14.2. The number of imide groups is 1. The van der Waals surface area contributed by atoms with Gasteiger partial charge in [-0.25, -0.2) is 4.79 Å². The second kappa shape index (κ2) is 9.03. The van der Waals surface area contributed by atoms with Gasteiger partial charge in [-0.2, -0.15) is 0 Å². The fraction of sp³-hybridized carbons (Fsp3) is 0.636. The van der Waals surface area contributed by atoms with Gasteiger partial charge in [-0.1, -0.05) is 12.1 Å². The number of hydrogen-bond acceptors (Lipinski definition) is 5. The zero-order valence-electron chi connectivity index (χ0n) is 17.4. The predicted molar refractivity (Wildman–Crippen MR) is 112 cm³/mol. The van der Waals surface area contributed by atoms with Crippen LogP contribution in [0.5, 0.6) is 5.75 Å². The number of unbranched alkanes of at least 4 members (excludes halogenated alkanes) is 1. The Morgan fingerprint density at radius 3 is 2.48 bits per heavy atom. The van der Waals surface area contributed by atoms with Crippen LogP contribution < -0.4 is 9.64 Å². The number of carbonyl (C=O) groups excluding carboxylic acids is 2. The lowest BCUT2D eigenvalue weighted by Crippen LogP contribution is -2.46. The van der Waals surface area contributed by atoms with Crippen molar-refractivity contribution in [1.82, 2.24) is 14.7 Å². The van der Waals surface area contributed by atoms with Crippen LogP contribution in [0.3, 0.4) is 0 Å². The van der Waals surface area contributed by atoms with Crippen LogP contribution in [0.2, 0.25) is 0 Å². The van der Waals surface area contributed by atoms with E-state index in [0.717, 1.165) is 82.8 Å². The molecule has 1 atom stereocenters. The van der Waals surface area contributed by atoms with Crippen LogP contribution in [-0.2, 0) is 4.79 Å². The van der Waals surface area contributed by atoms with Gasteiger partial charge < -0.3 is 14.5 Å². The molecule has 1 aromatic carbocycles. The Hall–Kier alpha value is -2.28. The summed E-state index contributed by atoms with van der Waals surface area (Å²) in [5, 5.41) is 0. The van der Waals surface area contributed by atoms with E-state index in [1.165, 1.54) is 4.90 Å². The monoisotopic (exact) mass is 400 g/mol. The summed E-state index contributed by atoms with van der Waals surface area (Å²) in [6.07, 6.45) is 4.79. The average Bonchev–Trinajstić information content (AvgIpc) is 3.02. The van der Waals surface area contributed by atoms with Gasteiger partial charge >= 0.3 is 6.03 Å². The minimum atomic E-state index is -0.181. The molecule has 0 unspecified atom stereocenters. The Kier molecular flexibility index (Phi) is 6.23. The molecule has 7 heteroatoms. The summed E-state index contributed by atoms with van der Waals surface area (Å²) in [6, 6.07) is 7.93. The largest absolute Gasteiger partial charge is 0.495 e. The third-order valence-electron chi connectivity index (χ3n) is 6.43. The highest BCUT2D eigenvalue weighted by Gasteiger charge is 2.45. The van der Waals surface area contributed by atoms with Gasteiger partial charge in [0.25, 0.3) is 5.91 Å². The minimum Gasteiger partial charge on any atom is -0.495 e.